The van der Waals surface area contributed by atoms with Crippen LogP contribution in [0.25, 0.3) is 11.1 Å². The molecule has 3 heteroatoms. The minimum absolute atomic E-state index is 0.0856. The molecule has 0 fully saturated rings. The zero-order valence-electron chi connectivity index (χ0n) is 10.8. The molecule has 3 rings (SSSR count). The van der Waals surface area contributed by atoms with Gasteiger partial charge in [-0.05, 0) is 54.3 Å². The molecule has 0 saturated carbocycles. The summed E-state index contributed by atoms with van der Waals surface area (Å²) in [6, 6.07) is 7.78. The van der Waals surface area contributed by atoms with Crippen molar-refractivity contribution < 1.29 is 8.78 Å². The van der Waals surface area contributed by atoms with E-state index in [9.17, 15) is 8.78 Å². The Kier molecular flexibility index (Phi) is 3.07. The predicted octanol–water partition coefficient (Wildman–Crippen LogP) is 3.59. The van der Waals surface area contributed by atoms with Gasteiger partial charge in [0.25, 0.3) is 0 Å². The molecule has 0 spiro atoms. The fraction of sp³-hybridized carbons (Fsp3) is 0.250. The van der Waals surface area contributed by atoms with Crippen molar-refractivity contribution in [2.45, 2.75) is 19.9 Å². The van der Waals surface area contributed by atoms with Gasteiger partial charge in [0, 0.05) is 6.54 Å². The maximum atomic E-state index is 13.9. The topological polar surface area (TPSA) is 12.0 Å². The van der Waals surface area contributed by atoms with Gasteiger partial charge in [-0.3, -0.25) is 0 Å². The molecule has 0 radical (unpaired) electrons. The van der Waals surface area contributed by atoms with E-state index in [1.54, 1.807) is 0 Å². The second-order valence-electron chi connectivity index (χ2n) is 4.91. The summed E-state index contributed by atoms with van der Waals surface area (Å²) < 4.78 is 27.9. The molecule has 19 heavy (non-hydrogen) atoms. The van der Waals surface area contributed by atoms with Crippen LogP contribution in [0.4, 0.5) is 8.78 Å². The predicted molar refractivity (Wildman–Crippen MR) is 71.9 cm³/mol. The number of halogens is 2. The highest BCUT2D eigenvalue weighted by Gasteiger charge is 2.20. The fourth-order valence-corrected chi connectivity index (χ4v) is 2.78. The smallest absolute Gasteiger partial charge is 0.133 e. The van der Waals surface area contributed by atoms with Crippen molar-refractivity contribution in [2.24, 2.45) is 0 Å². The van der Waals surface area contributed by atoms with Crippen LogP contribution in [0.1, 0.15) is 16.7 Å². The van der Waals surface area contributed by atoms with Crippen LogP contribution in [0, 0.1) is 18.6 Å². The van der Waals surface area contributed by atoms with E-state index in [1.807, 2.05) is 19.1 Å². The number of nitrogens with one attached hydrogen (secondary N) is 1. The van der Waals surface area contributed by atoms with E-state index in [2.05, 4.69) is 5.32 Å². The molecule has 0 aromatic heterocycles. The number of rotatable bonds is 1. The highest BCUT2D eigenvalue weighted by atomic mass is 19.1. The van der Waals surface area contributed by atoms with Gasteiger partial charge in [-0.1, -0.05) is 18.2 Å². The van der Waals surface area contributed by atoms with Gasteiger partial charge in [0.15, 0.2) is 0 Å². The van der Waals surface area contributed by atoms with Crippen LogP contribution in [0.15, 0.2) is 30.3 Å². The zero-order valence-corrected chi connectivity index (χ0v) is 10.8. The van der Waals surface area contributed by atoms with Crippen molar-refractivity contribution in [2.75, 3.05) is 6.54 Å². The normalized spacial score (nSPS) is 14.3. The van der Waals surface area contributed by atoms with E-state index in [0.29, 0.717) is 12.1 Å². The molecule has 2 aromatic rings. The second kappa shape index (κ2) is 4.74. The Hall–Kier alpha value is -1.74. The number of hydrogen-bond acceptors (Lipinski definition) is 1. The second-order valence-corrected chi connectivity index (χ2v) is 4.91. The SMILES string of the molecule is Cc1ccc(-c2c(F)cccc2F)c2c1CCNC2. The minimum atomic E-state index is -0.503. The zero-order chi connectivity index (χ0) is 13.4. The van der Waals surface area contributed by atoms with E-state index < -0.39 is 11.6 Å². The first-order valence-corrected chi connectivity index (χ1v) is 6.45. The third-order valence-electron chi connectivity index (χ3n) is 3.75. The maximum absolute atomic E-state index is 13.9. The Balaban J connectivity index is 2.26. The van der Waals surface area contributed by atoms with Crippen molar-refractivity contribution in [1.82, 2.24) is 5.32 Å². The first kappa shape index (κ1) is 12.3. The fourth-order valence-electron chi connectivity index (χ4n) is 2.78. The van der Waals surface area contributed by atoms with E-state index in [0.717, 1.165) is 18.5 Å². The van der Waals surface area contributed by atoms with Gasteiger partial charge in [0.1, 0.15) is 11.6 Å². The third kappa shape index (κ3) is 2.04. The van der Waals surface area contributed by atoms with Crippen LogP contribution in [0.3, 0.4) is 0 Å². The largest absolute Gasteiger partial charge is 0.312 e. The summed E-state index contributed by atoms with van der Waals surface area (Å²) in [6.45, 7) is 3.63. The van der Waals surface area contributed by atoms with Crippen molar-refractivity contribution in [1.29, 1.82) is 0 Å². The molecule has 1 nitrogen and oxygen atoms in total. The van der Waals surface area contributed by atoms with Crippen LogP contribution in [0.5, 0.6) is 0 Å². The van der Waals surface area contributed by atoms with Crippen molar-refractivity contribution in [3.8, 4) is 11.1 Å². The summed E-state index contributed by atoms with van der Waals surface area (Å²) >= 11 is 0. The molecule has 1 heterocycles. The number of fused-ring (bicyclic) bond motifs is 1. The van der Waals surface area contributed by atoms with Gasteiger partial charge < -0.3 is 5.32 Å². The Labute approximate surface area is 111 Å². The molecular formula is C16H15F2N. The Bertz CT molecular complexity index is 615. The van der Waals surface area contributed by atoms with E-state index in [1.165, 1.54) is 29.3 Å². The molecule has 1 aliphatic rings. The van der Waals surface area contributed by atoms with Crippen molar-refractivity contribution in [3.63, 3.8) is 0 Å². The molecule has 0 unspecified atom stereocenters. The van der Waals surface area contributed by atoms with E-state index in [4.69, 9.17) is 0 Å². The Morgan fingerprint density at radius 1 is 1.00 bits per heavy atom. The van der Waals surface area contributed by atoms with Crippen molar-refractivity contribution >= 4 is 0 Å². The quantitative estimate of drug-likeness (QED) is 0.825. The lowest BCUT2D eigenvalue weighted by Gasteiger charge is -2.23. The summed E-state index contributed by atoms with van der Waals surface area (Å²) in [4.78, 5) is 0. The van der Waals surface area contributed by atoms with Gasteiger partial charge in [-0.15, -0.1) is 0 Å². The monoisotopic (exact) mass is 259 g/mol. The lowest BCUT2D eigenvalue weighted by molar-refractivity contribution is 0.587. The summed E-state index contributed by atoms with van der Waals surface area (Å²) in [6.07, 6.45) is 0.908. The highest BCUT2D eigenvalue weighted by molar-refractivity contribution is 5.71. The molecule has 0 amide bonds. The average molecular weight is 259 g/mol. The molecule has 0 atom stereocenters. The van der Waals surface area contributed by atoms with E-state index in [-0.39, 0.29) is 5.56 Å². The highest BCUT2D eigenvalue weighted by Crippen LogP contribution is 2.33. The molecule has 1 aliphatic heterocycles. The van der Waals surface area contributed by atoms with Crippen LogP contribution >= 0.6 is 0 Å². The molecule has 0 saturated heterocycles. The molecular weight excluding hydrogens is 244 g/mol. The van der Waals surface area contributed by atoms with Crippen LogP contribution < -0.4 is 5.32 Å². The molecule has 1 N–H and O–H groups in total. The van der Waals surface area contributed by atoms with Crippen LogP contribution in [-0.4, -0.2) is 6.54 Å². The molecule has 2 aromatic carbocycles. The first-order chi connectivity index (χ1) is 9.18. The van der Waals surface area contributed by atoms with Crippen molar-refractivity contribution in [3.05, 3.63) is 58.7 Å². The first-order valence-electron chi connectivity index (χ1n) is 6.45. The summed E-state index contributed by atoms with van der Waals surface area (Å²) in [7, 11) is 0. The number of aryl methyl sites for hydroxylation is 1. The number of hydrogen-bond donors (Lipinski definition) is 1. The summed E-state index contributed by atoms with van der Waals surface area (Å²) in [5.74, 6) is -1.01. The molecule has 0 bridgehead atoms. The average Bonchev–Trinajstić information content (AvgIpc) is 2.41. The standard InChI is InChI=1S/C16H15F2N/c1-10-5-6-12(13-9-19-8-7-11(10)13)16-14(17)3-2-4-15(16)18/h2-6,19H,7-9H2,1H3. The summed E-state index contributed by atoms with van der Waals surface area (Å²) in [5, 5.41) is 3.27. The van der Waals surface area contributed by atoms with Gasteiger partial charge in [-0.2, -0.15) is 0 Å². The van der Waals surface area contributed by atoms with E-state index >= 15 is 0 Å². The lowest BCUT2D eigenvalue weighted by atomic mass is 9.88. The maximum Gasteiger partial charge on any atom is 0.133 e. The molecule has 98 valence electrons. The van der Waals surface area contributed by atoms with Crippen LogP contribution in [-0.2, 0) is 13.0 Å². The lowest BCUT2D eigenvalue weighted by Crippen LogP contribution is -2.25. The third-order valence-corrected chi connectivity index (χ3v) is 3.75. The molecule has 0 aliphatic carbocycles. The minimum Gasteiger partial charge on any atom is -0.312 e. The van der Waals surface area contributed by atoms with Gasteiger partial charge in [0.05, 0.1) is 5.56 Å². The number of benzene rings is 2. The van der Waals surface area contributed by atoms with Gasteiger partial charge >= 0.3 is 0 Å². The van der Waals surface area contributed by atoms with Gasteiger partial charge in [0.2, 0.25) is 0 Å². The van der Waals surface area contributed by atoms with Crippen LogP contribution in [0.2, 0.25) is 0 Å². The summed E-state index contributed by atoms with van der Waals surface area (Å²) in [5.41, 5.74) is 4.19. The van der Waals surface area contributed by atoms with Gasteiger partial charge in [-0.25, -0.2) is 8.78 Å². The Morgan fingerprint density at radius 3 is 2.47 bits per heavy atom. The Morgan fingerprint density at radius 2 is 1.74 bits per heavy atom.